The molecule has 3 heterocycles. The fourth-order valence-electron chi connectivity index (χ4n) is 3.10. The van der Waals surface area contributed by atoms with Crippen molar-refractivity contribution in [2.24, 2.45) is 0 Å². The normalized spacial score (nSPS) is 14.6. The number of nitriles is 1. The Morgan fingerprint density at radius 1 is 1.21 bits per heavy atom. The van der Waals surface area contributed by atoms with Crippen molar-refractivity contribution in [3.05, 3.63) is 56.6 Å². The third kappa shape index (κ3) is 5.00. The fourth-order valence-corrected chi connectivity index (χ4v) is 4.52. The highest BCUT2D eigenvalue weighted by atomic mass is 79.9. The van der Waals surface area contributed by atoms with Gasteiger partial charge in [0.2, 0.25) is 5.13 Å². The SMILES string of the molecule is N#Cc1ccnc(N2CCN(Cn3nc(Nc4cccc(Br)c4)sc3=S)CC2)c1. The molecule has 7 nitrogen and oxygen atoms in total. The van der Waals surface area contributed by atoms with Crippen LogP contribution in [0.25, 0.3) is 0 Å². The summed E-state index contributed by atoms with van der Waals surface area (Å²) < 4.78 is 3.62. The van der Waals surface area contributed by atoms with E-state index in [-0.39, 0.29) is 0 Å². The second-order valence-corrected chi connectivity index (χ2v) is 9.11. The number of benzene rings is 1. The molecule has 2 aromatic heterocycles. The number of piperazine rings is 1. The minimum absolute atomic E-state index is 0.636. The number of pyridine rings is 1. The number of halogens is 1. The van der Waals surface area contributed by atoms with Crippen LogP contribution >= 0.6 is 39.5 Å². The first kappa shape index (κ1) is 20.0. The lowest BCUT2D eigenvalue weighted by molar-refractivity contribution is 0.195. The van der Waals surface area contributed by atoms with Crippen LogP contribution in [0.5, 0.6) is 0 Å². The molecule has 29 heavy (non-hydrogen) atoms. The van der Waals surface area contributed by atoms with E-state index in [0.29, 0.717) is 12.2 Å². The topological polar surface area (TPSA) is 73.0 Å². The van der Waals surface area contributed by atoms with Crippen LogP contribution in [-0.2, 0) is 6.67 Å². The fraction of sp³-hybridized carbons (Fsp3) is 0.263. The van der Waals surface area contributed by atoms with Gasteiger partial charge in [-0.25, -0.2) is 9.67 Å². The van der Waals surface area contributed by atoms with Crippen molar-refractivity contribution in [3.63, 3.8) is 0 Å². The van der Waals surface area contributed by atoms with Gasteiger partial charge in [0.05, 0.1) is 18.3 Å². The van der Waals surface area contributed by atoms with Gasteiger partial charge in [-0.15, -0.1) is 5.10 Å². The minimum Gasteiger partial charge on any atom is -0.354 e. The monoisotopic (exact) mass is 487 g/mol. The van der Waals surface area contributed by atoms with Crippen molar-refractivity contribution in [3.8, 4) is 6.07 Å². The maximum absolute atomic E-state index is 9.07. The van der Waals surface area contributed by atoms with E-state index in [1.54, 1.807) is 12.3 Å². The van der Waals surface area contributed by atoms with Gasteiger partial charge in [-0.05, 0) is 42.5 Å². The van der Waals surface area contributed by atoms with Gasteiger partial charge in [0, 0.05) is 42.5 Å². The standard InChI is InChI=1S/C19H18BrN7S2/c20-15-2-1-3-16(11-15)23-18-24-27(19(28)29-18)13-25-6-8-26(9-7-25)17-10-14(12-21)4-5-22-17/h1-5,10-11H,6-9,13H2,(H,23,24). The number of nitrogens with one attached hydrogen (secondary N) is 1. The first-order valence-electron chi connectivity index (χ1n) is 9.05. The molecule has 0 atom stereocenters. The van der Waals surface area contributed by atoms with Gasteiger partial charge < -0.3 is 10.2 Å². The van der Waals surface area contributed by atoms with Crippen LogP contribution in [0.15, 0.2) is 47.1 Å². The summed E-state index contributed by atoms with van der Waals surface area (Å²) in [6.45, 7) is 4.12. The van der Waals surface area contributed by atoms with E-state index in [1.165, 1.54) is 11.3 Å². The summed E-state index contributed by atoms with van der Waals surface area (Å²) in [6, 6.07) is 13.7. The molecule has 10 heteroatoms. The molecule has 1 aliphatic heterocycles. The first-order valence-corrected chi connectivity index (χ1v) is 11.1. The van der Waals surface area contributed by atoms with Gasteiger partial charge in [0.25, 0.3) is 0 Å². The predicted octanol–water partition coefficient (Wildman–Crippen LogP) is 4.23. The van der Waals surface area contributed by atoms with Gasteiger partial charge in [-0.2, -0.15) is 5.26 Å². The molecule has 1 aliphatic rings. The van der Waals surface area contributed by atoms with Gasteiger partial charge in [-0.1, -0.05) is 33.3 Å². The van der Waals surface area contributed by atoms with E-state index in [2.05, 4.69) is 47.2 Å². The Balaban J connectivity index is 1.36. The molecule has 0 spiro atoms. The minimum atomic E-state index is 0.636. The summed E-state index contributed by atoms with van der Waals surface area (Å²) in [5, 5.41) is 17.8. The van der Waals surface area contributed by atoms with Crippen molar-refractivity contribution in [2.45, 2.75) is 6.67 Å². The molecule has 0 saturated carbocycles. The highest BCUT2D eigenvalue weighted by Gasteiger charge is 2.19. The summed E-state index contributed by atoms with van der Waals surface area (Å²) in [5.41, 5.74) is 1.60. The Morgan fingerprint density at radius 3 is 2.79 bits per heavy atom. The molecule has 1 N–H and O–H groups in total. The summed E-state index contributed by atoms with van der Waals surface area (Å²) >= 11 is 10.4. The Morgan fingerprint density at radius 2 is 2.03 bits per heavy atom. The van der Waals surface area contributed by atoms with Gasteiger partial charge in [-0.3, -0.25) is 4.90 Å². The van der Waals surface area contributed by atoms with Crippen LogP contribution in [0.3, 0.4) is 0 Å². The molecule has 0 amide bonds. The van der Waals surface area contributed by atoms with Crippen LogP contribution in [0.2, 0.25) is 0 Å². The summed E-state index contributed by atoms with van der Waals surface area (Å²) in [7, 11) is 0. The van der Waals surface area contributed by atoms with Crippen molar-refractivity contribution >= 4 is 56.1 Å². The van der Waals surface area contributed by atoms with E-state index in [4.69, 9.17) is 17.5 Å². The molecule has 0 unspecified atom stereocenters. The Hall–Kier alpha value is -2.32. The Bertz CT molecular complexity index is 1100. The summed E-state index contributed by atoms with van der Waals surface area (Å²) in [5.74, 6) is 0.856. The lowest BCUT2D eigenvalue weighted by atomic mass is 10.2. The highest BCUT2D eigenvalue weighted by Crippen LogP contribution is 2.23. The molecule has 0 radical (unpaired) electrons. The molecule has 4 rings (SSSR count). The van der Waals surface area contributed by atoms with Crippen LogP contribution < -0.4 is 10.2 Å². The molecule has 1 aromatic carbocycles. The second kappa shape index (κ2) is 9.00. The van der Waals surface area contributed by atoms with E-state index in [0.717, 1.165) is 51.2 Å². The Kier molecular flexibility index (Phi) is 6.20. The predicted molar refractivity (Wildman–Crippen MR) is 121 cm³/mol. The number of hydrogen-bond acceptors (Lipinski definition) is 8. The van der Waals surface area contributed by atoms with E-state index in [1.807, 2.05) is 35.0 Å². The Labute approximate surface area is 186 Å². The van der Waals surface area contributed by atoms with Crippen LogP contribution in [-0.4, -0.2) is 45.8 Å². The first-order chi connectivity index (χ1) is 14.1. The second-order valence-electron chi connectivity index (χ2n) is 6.57. The maximum atomic E-state index is 9.07. The van der Waals surface area contributed by atoms with Crippen LogP contribution in [0, 0.1) is 15.3 Å². The lowest BCUT2D eigenvalue weighted by Crippen LogP contribution is -2.47. The van der Waals surface area contributed by atoms with Crippen molar-refractivity contribution < 1.29 is 0 Å². The largest absolute Gasteiger partial charge is 0.354 e. The smallest absolute Gasteiger partial charge is 0.209 e. The number of rotatable bonds is 5. The van der Waals surface area contributed by atoms with Crippen molar-refractivity contribution in [1.82, 2.24) is 19.7 Å². The van der Waals surface area contributed by atoms with E-state index < -0.39 is 0 Å². The third-order valence-corrected chi connectivity index (χ3v) is 6.30. The van der Waals surface area contributed by atoms with Crippen molar-refractivity contribution in [2.75, 3.05) is 36.4 Å². The zero-order valence-corrected chi connectivity index (χ0v) is 18.7. The summed E-state index contributed by atoms with van der Waals surface area (Å²) in [6.07, 6.45) is 1.69. The molecular weight excluding hydrogens is 470 g/mol. The zero-order chi connectivity index (χ0) is 20.2. The average Bonchev–Trinajstić information content (AvgIpc) is 3.07. The molecule has 0 bridgehead atoms. The van der Waals surface area contributed by atoms with Gasteiger partial charge in [0.1, 0.15) is 5.82 Å². The number of anilines is 3. The number of aromatic nitrogens is 3. The third-order valence-electron chi connectivity index (χ3n) is 4.59. The van der Waals surface area contributed by atoms with Crippen LogP contribution in [0.1, 0.15) is 5.56 Å². The molecule has 3 aromatic rings. The average molecular weight is 488 g/mol. The van der Waals surface area contributed by atoms with Gasteiger partial charge in [0.15, 0.2) is 3.95 Å². The molecule has 1 saturated heterocycles. The highest BCUT2D eigenvalue weighted by molar-refractivity contribution is 9.10. The van der Waals surface area contributed by atoms with E-state index in [9.17, 15) is 0 Å². The lowest BCUT2D eigenvalue weighted by Gasteiger charge is -2.35. The number of hydrogen-bond donors (Lipinski definition) is 1. The van der Waals surface area contributed by atoms with Gasteiger partial charge >= 0.3 is 0 Å². The zero-order valence-electron chi connectivity index (χ0n) is 15.5. The number of nitrogens with zero attached hydrogens (tertiary/aromatic N) is 6. The van der Waals surface area contributed by atoms with Crippen molar-refractivity contribution in [1.29, 1.82) is 5.26 Å². The summed E-state index contributed by atoms with van der Waals surface area (Å²) in [4.78, 5) is 8.92. The quantitative estimate of drug-likeness (QED) is 0.539. The molecule has 148 valence electrons. The molecule has 1 fully saturated rings. The van der Waals surface area contributed by atoms with E-state index >= 15 is 0 Å². The maximum Gasteiger partial charge on any atom is 0.209 e. The molecule has 0 aliphatic carbocycles. The molecular formula is C19H18BrN7S2. The van der Waals surface area contributed by atoms with Crippen LogP contribution in [0.4, 0.5) is 16.6 Å².